The van der Waals surface area contributed by atoms with E-state index in [1.54, 1.807) is 6.07 Å². The van der Waals surface area contributed by atoms with E-state index in [1.165, 1.54) is 12.1 Å². The van der Waals surface area contributed by atoms with Crippen molar-refractivity contribution in [1.82, 2.24) is 14.7 Å². The monoisotopic (exact) mass is 718 g/mol. The molecular formula is C45H40F2N6O. The average molecular weight is 719 g/mol. The van der Waals surface area contributed by atoms with E-state index in [9.17, 15) is 13.6 Å². The van der Waals surface area contributed by atoms with Crippen molar-refractivity contribution in [3.8, 4) is 0 Å². The van der Waals surface area contributed by atoms with Gasteiger partial charge in [0, 0.05) is 49.0 Å². The first-order valence-electron chi connectivity index (χ1n) is 18.1. The summed E-state index contributed by atoms with van der Waals surface area (Å²) in [6.07, 6.45) is 0.269. The number of nitrogens with two attached hydrogens (primary N) is 1. The molecule has 1 fully saturated rings. The molecule has 7 aromatic rings. The number of amides is 1. The molecule has 270 valence electrons. The number of piperazine rings is 1. The van der Waals surface area contributed by atoms with E-state index in [2.05, 4.69) is 58.6 Å². The number of carbonyl (C=O) groups is 1. The lowest BCUT2D eigenvalue weighted by Gasteiger charge is -2.37. The first-order valence-corrected chi connectivity index (χ1v) is 18.1. The number of aromatic nitrogens is 2. The Balaban J connectivity index is 1.29. The Labute approximate surface area is 313 Å². The molecule has 1 aromatic heterocycles. The molecule has 0 spiro atoms. The van der Waals surface area contributed by atoms with Gasteiger partial charge in [0.05, 0.1) is 11.1 Å². The lowest BCUT2D eigenvalue weighted by atomic mass is 9.77. The Morgan fingerprint density at radius 3 is 1.83 bits per heavy atom. The normalized spacial score (nSPS) is 13.6. The van der Waals surface area contributed by atoms with E-state index in [1.807, 2.05) is 89.6 Å². The molecule has 0 aliphatic carbocycles. The van der Waals surface area contributed by atoms with E-state index in [-0.39, 0.29) is 6.42 Å². The van der Waals surface area contributed by atoms with Crippen molar-refractivity contribution >= 4 is 34.0 Å². The van der Waals surface area contributed by atoms with Crippen LogP contribution in [-0.2, 0) is 12.0 Å². The molecule has 0 saturated carbocycles. The van der Waals surface area contributed by atoms with Gasteiger partial charge >= 0.3 is 0 Å². The third kappa shape index (κ3) is 6.58. The Bertz CT molecular complexity index is 2310. The molecule has 3 N–H and O–H groups in total. The summed E-state index contributed by atoms with van der Waals surface area (Å²) >= 11 is 0. The Morgan fingerprint density at radius 1 is 0.704 bits per heavy atom. The molecule has 1 saturated heterocycles. The third-order valence-corrected chi connectivity index (χ3v) is 10.3. The molecule has 1 amide bonds. The minimum atomic E-state index is -0.971. The van der Waals surface area contributed by atoms with Crippen LogP contribution in [-0.4, -0.2) is 53.8 Å². The number of hydrogen-bond donors (Lipinski definition) is 2. The number of nitrogens with zero attached hydrogens (tertiary/aromatic N) is 4. The second-order valence-corrected chi connectivity index (χ2v) is 13.9. The van der Waals surface area contributed by atoms with Gasteiger partial charge in [-0.05, 0) is 83.8 Å². The predicted molar refractivity (Wildman–Crippen MR) is 212 cm³/mol. The SMILES string of the molecule is CN1CCN(c2ccc(C(=O)Nc3nn(C(c4ccccc4)(c4ccccc4)c4ccccc4)c4ccc(Cc5cc(F)cc(F)c5)cc34)c(N)c2)CC1. The molecule has 1 aliphatic rings. The second-order valence-electron chi connectivity index (χ2n) is 13.9. The van der Waals surface area contributed by atoms with E-state index in [0.717, 1.165) is 65.7 Å². The summed E-state index contributed by atoms with van der Waals surface area (Å²) in [6, 6.07) is 45.4. The van der Waals surface area contributed by atoms with Crippen molar-refractivity contribution in [3.63, 3.8) is 0 Å². The van der Waals surface area contributed by atoms with Crippen LogP contribution >= 0.6 is 0 Å². The quantitative estimate of drug-likeness (QED) is 0.116. The van der Waals surface area contributed by atoms with E-state index < -0.39 is 23.1 Å². The van der Waals surface area contributed by atoms with Crippen molar-refractivity contribution in [1.29, 1.82) is 0 Å². The van der Waals surface area contributed by atoms with Gasteiger partial charge in [-0.15, -0.1) is 0 Å². The zero-order valence-electron chi connectivity index (χ0n) is 29.9. The summed E-state index contributed by atoms with van der Waals surface area (Å²) < 4.78 is 30.4. The van der Waals surface area contributed by atoms with Crippen molar-refractivity contribution in [3.05, 3.63) is 191 Å². The van der Waals surface area contributed by atoms with E-state index in [4.69, 9.17) is 10.8 Å². The number of carbonyl (C=O) groups excluding carboxylic acids is 1. The Morgan fingerprint density at radius 2 is 1.28 bits per heavy atom. The van der Waals surface area contributed by atoms with Crippen molar-refractivity contribution in [2.75, 3.05) is 49.2 Å². The van der Waals surface area contributed by atoms with Crippen LogP contribution in [0.3, 0.4) is 0 Å². The van der Waals surface area contributed by atoms with Gasteiger partial charge in [-0.2, -0.15) is 5.10 Å². The minimum Gasteiger partial charge on any atom is -0.398 e. The fourth-order valence-corrected chi connectivity index (χ4v) is 7.67. The van der Waals surface area contributed by atoms with Crippen LogP contribution in [0.2, 0.25) is 0 Å². The Kier molecular flexibility index (Phi) is 9.40. The zero-order valence-corrected chi connectivity index (χ0v) is 29.9. The fourth-order valence-electron chi connectivity index (χ4n) is 7.67. The number of nitrogen functional groups attached to an aromatic ring is 1. The first kappa shape index (κ1) is 34.7. The lowest BCUT2D eigenvalue weighted by molar-refractivity contribution is 0.102. The van der Waals surface area contributed by atoms with Gasteiger partial charge in [0.25, 0.3) is 5.91 Å². The number of hydrogen-bond acceptors (Lipinski definition) is 5. The van der Waals surface area contributed by atoms with E-state index in [0.29, 0.717) is 28.0 Å². The van der Waals surface area contributed by atoms with Crippen LogP contribution in [0.15, 0.2) is 146 Å². The molecule has 0 atom stereocenters. The van der Waals surface area contributed by atoms with Crippen LogP contribution in [0.4, 0.5) is 26.0 Å². The molecule has 8 rings (SSSR count). The lowest BCUT2D eigenvalue weighted by Crippen LogP contribution is -2.44. The van der Waals surface area contributed by atoms with Gasteiger partial charge in [0.15, 0.2) is 5.82 Å². The van der Waals surface area contributed by atoms with Crippen molar-refractivity contribution < 1.29 is 13.6 Å². The molecule has 0 unspecified atom stereocenters. The smallest absolute Gasteiger partial charge is 0.258 e. The molecule has 0 radical (unpaired) electrons. The highest BCUT2D eigenvalue weighted by molar-refractivity contribution is 6.11. The molecule has 7 nitrogen and oxygen atoms in total. The number of likely N-dealkylation sites (N-methyl/N-ethyl adjacent to an activating group) is 1. The number of nitrogens with one attached hydrogen (secondary N) is 1. The van der Waals surface area contributed by atoms with Gasteiger partial charge < -0.3 is 20.9 Å². The highest BCUT2D eigenvalue weighted by Gasteiger charge is 2.41. The van der Waals surface area contributed by atoms with Gasteiger partial charge in [0.2, 0.25) is 0 Å². The Hall–Kier alpha value is -6.32. The van der Waals surface area contributed by atoms with Crippen LogP contribution in [0.5, 0.6) is 0 Å². The van der Waals surface area contributed by atoms with Gasteiger partial charge in [-0.1, -0.05) is 97.1 Å². The zero-order chi connectivity index (χ0) is 37.2. The fraction of sp³-hybridized carbons (Fsp3) is 0.156. The minimum absolute atomic E-state index is 0.269. The maximum absolute atomic E-state index is 14.2. The first-order chi connectivity index (χ1) is 26.3. The van der Waals surface area contributed by atoms with Gasteiger partial charge in [-0.25, -0.2) is 13.5 Å². The molecule has 0 bridgehead atoms. The molecular weight excluding hydrogens is 679 g/mol. The molecule has 6 aromatic carbocycles. The van der Waals surface area contributed by atoms with Crippen molar-refractivity contribution in [2.45, 2.75) is 12.0 Å². The van der Waals surface area contributed by atoms with Crippen LogP contribution in [0.1, 0.15) is 38.2 Å². The second kappa shape index (κ2) is 14.6. The van der Waals surface area contributed by atoms with Crippen LogP contribution in [0.25, 0.3) is 10.9 Å². The summed E-state index contributed by atoms with van der Waals surface area (Å²) in [7, 11) is 2.11. The highest BCUT2D eigenvalue weighted by atomic mass is 19.1. The summed E-state index contributed by atoms with van der Waals surface area (Å²) in [6.45, 7) is 3.65. The van der Waals surface area contributed by atoms with Crippen LogP contribution < -0.4 is 16.0 Å². The summed E-state index contributed by atoms with van der Waals surface area (Å²) in [5.41, 5.74) is 12.2. The number of halogens is 2. The summed E-state index contributed by atoms with van der Waals surface area (Å²) in [4.78, 5) is 18.7. The predicted octanol–water partition coefficient (Wildman–Crippen LogP) is 8.33. The maximum atomic E-state index is 14.2. The number of rotatable bonds is 9. The summed E-state index contributed by atoms with van der Waals surface area (Å²) in [5.74, 6) is -1.34. The van der Waals surface area contributed by atoms with Crippen molar-refractivity contribution in [2.24, 2.45) is 0 Å². The van der Waals surface area contributed by atoms with Gasteiger partial charge in [-0.3, -0.25) is 4.79 Å². The van der Waals surface area contributed by atoms with E-state index >= 15 is 0 Å². The topological polar surface area (TPSA) is 79.4 Å². The molecule has 9 heteroatoms. The standard InChI is InChI=1S/C45H40F2N6O/c1-51-21-23-52(24-22-51)38-18-19-39(41(48)30-38)44(54)49-43-40-28-31(25-32-26-36(46)29-37(47)27-32)17-20-42(40)53(50-43)45(33-11-5-2-6-12-33,34-13-7-3-8-14-34)35-15-9-4-10-16-35/h2-20,26-30H,21-25,48H2,1H3,(H,49,50,54). The third-order valence-electron chi connectivity index (χ3n) is 10.3. The largest absolute Gasteiger partial charge is 0.398 e. The molecule has 2 heterocycles. The molecule has 1 aliphatic heterocycles. The number of fused-ring (bicyclic) bond motifs is 1. The number of benzene rings is 6. The maximum Gasteiger partial charge on any atom is 0.258 e. The summed E-state index contributed by atoms with van der Waals surface area (Å²) in [5, 5.41) is 9.05. The molecule has 54 heavy (non-hydrogen) atoms. The number of anilines is 3. The van der Waals surface area contributed by atoms with Gasteiger partial charge in [0.1, 0.15) is 17.2 Å². The average Bonchev–Trinajstić information content (AvgIpc) is 3.53. The highest BCUT2D eigenvalue weighted by Crippen LogP contribution is 2.43. The van der Waals surface area contributed by atoms with Crippen LogP contribution in [0, 0.1) is 11.6 Å².